The van der Waals surface area contributed by atoms with Crippen LogP contribution in [0.25, 0.3) is 0 Å². The molecule has 0 unspecified atom stereocenters. The van der Waals surface area contributed by atoms with Crippen molar-refractivity contribution in [3.05, 3.63) is 0 Å². The van der Waals surface area contributed by atoms with Crippen molar-refractivity contribution in [1.29, 1.82) is 0 Å². The highest BCUT2D eigenvalue weighted by Crippen LogP contribution is 2.47. The zero-order valence-electron chi connectivity index (χ0n) is 11.7. The quantitative estimate of drug-likeness (QED) is 0.856. The lowest BCUT2D eigenvalue weighted by Gasteiger charge is -2.22. The third-order valence-corrected chi connectivity index (χ3v) is 4.93. The van der Waals surface area contributed by atoms with E-state index in [0.717, 1.165) is 0 Å². The highest BCUT2D eigenvalue weighted by molar-refractivity contribution is 7.91. The fraction of sp³-hybridized carbons (Fsp3) is 0.917. The Hall–Kier alpha value is -0.780. The molecule has 0 aromatic heterocycles. The third kappa shape index (κ3) is 3.86. The van der Waals surface area contributed by atoms with Crippen LogP contribution in [0.15, 0.2) is 0 Å². The number of amides is 1. The summed E-state index contributed by atoms with van der Waals surface area (Å²) in [6.45, 7) is 9.03. The van der Waals surface area contributed by atoms with Crippen LogP contribution in [-0.2, 0) is 14.8 Å². The maximum absolute atomic E-state index is 12.1. The molecule has 0 aliphatic heterocycles. The molecule has 0 heterocycles. The zero-order chi connectivity index (χ0) is 14.2. The van der Waals surface area contributed by atoms with E-state index in [1.54, 1.807) is 20.8 Å². The zero-order valence-corrected chi connectivity index (χ0v) is 12.6. The number of ether oxygens (including phenoxy) is 1. The summed E-state index contributed by atoms with van der Waals surface area (Å²) in [5, 5.41) is 0. The van der Waals surface area contributed by atoms with Crippen molar-refractivity contribution in [3.63, 3.8) is 0 Å². The SMILES string of the molecule is CC(C)CC1(S(=O)(=O)NC(=O)OC(C)(C)C)CC1. The van der Waals surface area contributed by atoms with Gasteiger partial charge < -0.3 is 4.74 Å². The molecule has 0 saturated heterocycles. The second-order valence-electron chi connectivity index (χ2n) is 6.39. The Bertz CT molecular complexity index is 416. The van der Waals surface area contributed by atoms with Gasteiger partial charge in [-0.3, -0.25) is 0 Å². The summed E-state index contributed by atoms with van der Waals surface area (Å²) in [5.41, 5.74) is -0.700. The maximum atomic E-state index is 12.1. The second-order valence-corrected chi connectivity index (χ2v) is 8.47. The predicted octanol–water partition coefficient (Wildman–Crippen LogP) is 2.42. The number of sulfonamides is 1. The van der Waals surface area contributed by atoms with Gasteiger partial charge in [0.2, 0.25) is 10.0 Å². The van der Waals surface area contributed by atoms with Gasteiger partial charge in [-0.25, -0.2) is 17.9 Å². The molecule has 1 aliphatic carbocycles. The number of hydrogen-bond donors (Lipinski definition) is 1. The number of carbonyl (C=O) groups is 1. The summed E-state index contributed by atoms with van der Waals surface area (Å²) in [5.74, 6) is 0.280. The largest absolute Gasteiger partial charge is 0.443 e. The summed E-state index contributed by atoms with van der Waals surface area (Å²) >= 11 is 0. The molecule has 1 N–H and O–H groups in total. The Labute approximate surface area is 109 Å². The van der Waals surface area contributed by atoms with Gasteiger partial charge in [0.15, 0.2) is 0 Å². The van der Waals surface area contributed by atoms with Gasteiger partial charge in [0.1, 0.15) is 5.60 Å². The van der Waals surface area contributed by atoms with Crippen LogP contribution >= 0.6 is 0 Å². The summed E-state index contributed by atoms with van der Waals surface area (Å²) in [4.78, 5) is 11.5. The standard InChI is InChI=1S/C12H23NO4S/c1-9(2)8-12(6-7-12)18(15,16)13-10(14)17-11(3,4)5/h9H,6-8H2,1-5H3,(H,13,14). The van der Waals surface area contributed by atoms with E-state index in [0.29, 0.717) is 19.3 Å². The molecule has 0 aromatic carbocycles. The van der Waals surface area contributed by atoms with Gasteiger partial charge in [-0.1, -0.05) is 13.8 Å². The molecule has 1 aliphatic rings. The molecule has 1 rings (SSSR count). The minimum Gasteiger partial charge on any atom is -0.443 e. The van der Waals surface area contributed by atoms with E-state index in [1.807, 2.05) is 18.6 Å². The third-order valence-electron chi connectivity index (χ3n) is 2.77. The minimum atomic E-state index is -3.64. The van der Waals surface area contributed by atoms with Crippen LogP contribution in [0.5, 0.6) is 0 Å². The highest BCUT2D eigenvalue weighted by atomic mass is 32.2. The molecule has 106 valence electrons. The van der Waals surface area contributed by atoms with E-state index in [1.165, 1.54) is 0 Å². The highest BCUT2D eigenvalue weighted by Gasteiger charge is 2.55. The van der Waals surface area contributed by atoms with E-state index in [9.17, 15) is 13.2 Å². The average molecular weight is 277 g/mol. The Morgan fingerprint density at radius 1 is 1.33 bits per heavy atom. The van der Waals surface area contributed by atoms with Crippen molar-refractivity contribution in [2.24, 2.45) is 5.92 Å². The fourth-order valence-electron chi connectivity index (χ4n) is 1.98. The van der Waals surface area contributed by atoms with Gasteiger partial charge in [-0.05, 0) is 46.0 Å². The molecular formula is C12H23NO4S. The first-order valence-electron chi connectivity index (χ1n) is 6.23. The second kappa shape index (κ2) is 4.72. The van der Waals surface area contributed by atoms with Crippen molar-refractivity contribution in [2.45, 2.75) is 64.2 Å². The van der Waals surface area contributed by atoms with Crippen molar-refractivity contribution < 1.29 is 17.9 Å². The first kappa shape index (κ1) is 15.3. The lowest BCUT2D eigenvalue weighted by molar-refractivity contribution is 0.0569. The number of hydrogen-bond acceptors (Lipinski definition) is 4. The van der Waals surface area contributed by atoms with Crippen LogP contribution in [-0.4, -0.2) is 24.9 Å². The van der Waals surface area contributed by atoms with Crippen LogP contribution < -0.4 is 4.72 Å². The molecule has 0 aromatic rings. The number of carbonyl (C=O) groups excluding carboxylic acids is 1. The molecule has 1 amide bonds. The molecule has 0 atom stereocenters. The van der Waals surface area contributed by atoms with Gasteiger partial charge in [0.05, 0.1) is 4.75 Å². The summed E-state index contributed by atoms with van der Waals surface area (Å²) in [7, 11) is -3.64. The van der Waals surface area contributed by atoms with Crippen LogP contribution in [0, 0.1) is 5.92 Å². The predicted molar refractivity (Wildman–Crippen MR) is 69.7 cm³/mol. The topological polar surface area (TPSA) is 72.5 Å². The van der Waals surface area contributed by atoms with Crippen LogP contribution in [0.4, 0.5) is 4.79 Å². The van der Waals surface area contributed by atoms with E-state index < -0.39 is 26.5 Å². The van der Waals surface area contributed by atoms with Crippen LogP contribution in [0.2, 0.25) is 0 Å². The molecule has 1 fully saturated rings. The lowest BCUT2D eigenvalue weighted by Crippen LogP contribution is -2.43. The van der Waals surface area contributed by atoms with Gasteiger partial charge in [-0.2, -0.15) is 0 Å². The summed E-state index contributed by atoms with van der Waals surface area (Å²) in [6, 6.07) is 0. The summed E-state index contributed by atoms with van der Waals surface area (Å²) < 4.78 is 30.5. The molecule has 0 spiro atoms. The van der Waals surface area contributed by atoms with Crippen molar-refractivity contribution in [1.82, 2.24) is 4.72 Å². The van der Waals surface area contributed by atoms with Crippen LogP contribution in [0.3, 0.4) is 0 Å². The van der Waals surface area contributed by atoms with Gasteiger partial charge in [0.25, 0.3) is 0 Å². The van der Waals surface area contributed by atoms with Crippen molar-refractivity contribution in [3.8, 4) is 0 Å². The van der Waals surface area contributed by atoms with E-state index in [4.69, 9.17) is 4.74 Å². The monoisotopic (exact) mass is 277 g/mol. The summed E-state index contributed by atoms with van der Waals surface area (Å²) in [6.07, 6.45) is 0.912. The normalized spacial score (nSPS) is 18.6. The molecule has 1 saturated carbocycles. The smallest absolute Gasteiger partial charge is 0.421 e. The Morgan fingerprint density at radius 2 is 1.83 bits per heavy atom. The molecule has 18 heavy (non-hydrogen) atoms. The number of rotatable bonds is 4. The fourth-order valence-corrected chi connectivity index (χ4v) is 3.65. The maximum Gasteiger partial charge on any atom is 0.421 e. The Morgan fingerprint density at radius 3 is 2.17 bits per heavy atom. The Kier molecular flexibility index (Phi) is 4.00. The number of nitrogens with one attached hydrogen (secondary N) is 1. The van der Waals surface area contributed by atoms with Gasteiger partial charge in [-0.15, -0.1) is 0 Å². The van der Waals surface area contributed by atoms with E-state index in [2.05, 4.69) is 0 Å². The van der Waals surface area contributed by atoms with Crippen molar-refractivity contribution in [2.75, 3.05) is 0 Å². The molecule has 0 bridgehead atoms. The average Bonchev–Trinajstić information content (AvgIpc) is 2.78. The lowest BCUT2D eigenvalue weighted by atomic mass is 10.1. The molecule has 6 heteroatoms. The van der Waals surface area contributed by atoms with E-state index >= 15 is 0 Å². The van der Waals surface area contributed by atoms with E-state index in [-0.39, 0.29) is 5.92 Å². The molecule has 0 radical (unpaired) electrons. The first-order chi connectivity index (χ1) is 7.97. The van der Waals surface area contributed by atoms with Gasteiger partial charge in [0, 0.05) is 0 Å². The minimum absolute atomic E-state index is 0.280. The van der Waals surface area contributed by atoms with Crippen LogP contribution in [0.1, 0.15) is 53.9 Å². The van der Waals surface area contributed by atoms with Crippen molar-refractivity contribution >= 4 is 16.1 Å². The Balaban J connectivity index is 2.69. The first-order valence-corrected chi connectivity index (χ1v) is 7.71. The molecular weight excluding hydrogens is 254 g/mol. The molecule has 5 nitrogen and oxygen atoms in total. The van der Waals surface area contributed by atoms with Gasteiger partial charge >= 0.3 is 6.09 Å².